The summed E-state index contributed by atoms with van der Waals surface area (Å²) in [5.41, 5.74) is 5.47. The number of methoxy groups -OCH3 is 1. The maximum Gasteiger partial charge on any atom is 0.440 e. The van der Waals surface area contributed by atoms with Crippen molar-refractivity contribution in [2.75, 3.05) is 119 Å². The van der Waals surface area contributed by atoms with Crippen LogP contribution in [0.25, 0.3) is 16.8 Å². The molecule has 1 saturated heterocycles. The number of oxazole rings is 1. The second kappa shape index (κ2) is 43.3. The van der Waals surface area contributed by atoms with E-state index < -0.39 is 36.4 Å². The molecule has 1 unspecified atom stereocenters. The summed E-state index contributed by atoms with van der Waals surface area (Å²) in [5, 5.41) is 5.38. The first-order valence-electron chi connectivity index (χ1n) is 26.8. The minimum atomic E-state index is -3.20. The van der Waals surface area contributed by atoms with E-state index in [1.807, 2.05) is 32.9 Å². The number of amides is 1. The van der Waals surface area contributed by atoms with Crippen LogP contribution in [0.4, 0.5) is 11.9 Å². The molecule has 0 spiro atoms. The van der Waals surface area contributed by atoms with Gasteiger partial charge in [0.25, 0.3) is 0 Å². The van der Waals surface area contributed by atoms with Crippen molar-refractivity contribution < 1.29 is 77.5 Å². The standard InChI is InChI=1S/C14H18ClN2O3PS.C12H15ClNO4PS2.C9H13O6PS.C8H16NO4PS2.C6H12N5O2PS2/c1-3-9-22-21(18,19-4-2)20-14-10-16-17(11-14)13-7-5-12(15)6-8-13;1-3-16-19(20,17-4-2)21-8-14-10-6-5-9(13)7-11(10)18-12(14)15;1-12-9-5-15-7(4-8(9)10)6-17-16(11,13-2)14-3;1-11-14(15,12-2)16-7-8(10)9-3-5-13-6-4-9;1-12-14(15,13-2)16-3-4-9-5(7)11-6(8)10-4/h5-8,10-11H,3-4,9H2,1-2H3;5-7H,3-4,8H2,1-2H3;4-5H,6H2,1-3H3;3-7H2,1-2H3;3H2,1-2H3,(H4,7,8,9,10,11). The maximum atomic E-state index is 12.6. The molecule has 0 aliphatic carbocycles. The van der Waals surface area contributed by atoms with E-state index in [-0.39, 0.29) is 34.7 Å². The van der Waals surface area contributed by atoms with Gasteiger partial charge in [0.1, 0.15) is 17.8 Å². The van der Waals surface area contributed by atoms with Crippen molar-refractivity contribution in [2.45, 2.75) is 51.5 Å². The molecule has 0 bridgehead atoms. The second-order valence-corrected chi connectivity index (χ2v) is 45.4. The van der Waals surface area contributed by atoms with E-state index in [1.165, 1.54) is 118 Å². The fourth-order valence-electron chi connectivity index (χ4n) is 6.43. The number of nitrogen functional groups attached to an aromatic ring is 2. The lowest BCUT2D eigenvalue weighted by Gasteiger charge is -2.27. The number of halogens is 2. The van der Waals surface area contributed by atoms with Gasteiger partial charge in [-0.05, 0) is 133 Å². The number of nitrogens with zero attached hydrogens (tertiary/aromatic N) is 7. The second-order valence-electron chi connectivity index (χ2n) is 16.8. The number of aromatic nitrogens is 6. The van der Waals surface area contributed by atoms with Crippen LogP contribution >= 0.6 is 111 Å². The average molecular weight is 1580 g/mol. The van der Waals surface area contributed by atoms with Crippen molar-refractivity contribution in [3.05, 3.63) is 110 Å². The van der Waals surface area contributed by atoms with Gasteiger partial charge in [-0.1, -0.05) is 52.9 Å². The summed E-state index contributed by atoms with van der Waals surface area (Å²) in [5.74, 6) is 3.10. The predicted molar refractivity (Wildman–Crippen MR) is 383 cm³/mol. The van der Waals surface area contributed by atoms with Gasteiger partial charge >= 0.3 is 19.4 Å². The average Bonchev–Trinajstić information content (AvgIpc) is 1.89. The van der Waals surface area contributed by atoms with Crippen LogP contribution in [0, 0.1) is 0 Å². The van der Waals surface area contributed by atoms with Crippen molar-refractivity contribution in [3.63, 3.8) is 0 Å². The summed E-state index contributed by atoms with van der Waals surface area (Å²) < 4.78 is 99.5. The molecule has 0 saturated carbocycles. The van der Waals surface area contributed by atoms with Crippen LogP contribution < -0.4 is 31.9 Å². The van der Waals surface area contributed by atoms with E-state index in [9.17, 15) is 23.5 Å². The normalized spacial score (nSPS) is 13.2. The third kappa shape index (κ3) is 29.9. The van der Waals surface area contributed by atoms with Crippen LogP contribution in [0.1, 0.15) is 45.7 Å². The molecule has 0 radical (unpaired) electrons. The Bertz CT molecular complexity index is 3550. The molecule has 2 aromatic carbocycles. The highest BCUT2D eigenvalue weighted by Gasteiger charge is 2.28. The maximum absolute atomic E-state index is 12.6. The van der Waals surface area contributed by atoms with Crippen LogP contribution in [0.5, 0.6) is 11.5 Å². The monoisotopic (exact) mass is 1570 g/mol. The SMILES string of the molecule is CCCSP(=O)(OCC)Oc1cnn(-c2ccc(Cl)cc2)c1.CCOP(=S)(OCC)SCn1c(=O)oc2cc(Cl)ccc21.COP(=S)(OC)SCC(=O)N1CCOCC1.COP(=S)(OC)SCc1nc(N)nc(N)n1.COc1coc(CSP(=O)(OC)OC)cc1=O. The minimum absolute atomic E-state index is 0.0663. The zero-order valence-electron chi connectivity index (χ0n) is 51.8. The zero-order chi connectivity index (χ0) is 68.5. The van der Waals surface area contributed by atoms with Gasteiger partial charge in [-0.25, -0.2) is 18.6 Å². The lowest BCUT2D eigenvalue weighted by atomic mass is 10.3. The van der Waals surface area contributed by atoms with Gasteiger partial charge < -0.3 is 75.4 Å². The van der Waals surface area contributed by atoms with Crippen LogP contribution in [-0.4, -0.2) is 148 Å². The fourth-order valence-corrected chi connectivity index (χ4v) is 22.1. The lowest BCUT2D eigenvalue weighted by Crippen LogP contribution is -2.41. The summed E-state index contributed by atoms with van der Waals surface area (Å²) in [6.45, 7) is 4.98. The van der Waals surface area contributed by atoms with Crippen LogP contribution in [-0.2, 0) is 112 Å². The van der Waals surface area contributed by atoms with Crippen molar-refractivity contribution in [1.29, 1.82) is 0 Å². The third-order valence-corrected chi connectivity index (χ3v) is 35.7. The summed E-state index contributed by atoms with van der Waals surface area (Å²) in [4.78, 5) is 48.4. The number of benzene rings is 2. The van der Waals surface area contributed by atoms with Gasteiger partial charge in [-0.2, -0.15) is 20.1 Å². The number of carbonyl (C=O) groups is 1. The van der Waals surface area contributed by atoms with Crippen molar-refractivity contribution in [2.24, 2.45) is 0 Å². The Balaban J connectivity index is 0.000000302. The zero-order valence-corrected chi connectivity index (χ0v) is 64.4. The highest BCUT2D eigenvalue weighted by molar-refractivity contribution is 8.68. The Hall–Kier alpha value is -2.11. The number of carbonyl (C=O) groups excluding carboxylic acids is 1. The van der Waals surface area contributed by atoms with E-state index >= 15 is 0 Å². The molecule has 1 fully saturated rings. The van der Waals surface area contributed by atoms with E-state index in [1.54, 1.807) is 53.0 Å². The first-order chi connectivity index (χ1) is 43.7. The molecular formula is C49H74Cl2N9O19P5S8. The minimum Gasteiger partial charge on any atom is -0.490 e. The Morgan fingerprint density at radius 2 is 1.28 bits per heavy atom. The van der Waals surface area contributed by atoms with Crippen molar-refractivity contribution >= 4 is 175 Å². The smallest absolute Gasteiger partial charge is 0.440 e. The third-order valence-electron chi connectivity index (χ3n) is 10.7. The Morgan fingerprint density at radius 1 is 0.696 bits per heavy atom. The van der Waals surface area contributed by atoms with Crippen LogP contribution in [0.15, 0.2) is 85.6 Å². The van der Waals surface area contributed by atoms with Gasteiger partial charge in [0, 0.05) is 83.7 Å². The van der Waals surface area contributed by atoms with Crippen molar-refractivity contribution in [3.8, 4) is 17.2 Å². The van der Waals surface area contributed by atoms with Crippen LogP contribution in [0.2, 0.25) is 10.0 Å². The quantitative estimate of drug-likeness (QED) is 0.0382. The predicted octanol–water partition coefficient (Wildman–Crippen LogP) is 13.6. The number of ether oxygens (including phenoxy) is 2. The molecule has 5 heterocycles. The number of anilines is 2. The number of fused-ring (bicyclic) bond motifs is 1. The highest BCUT2D eigenvalue weighted by Crippen LogP contribution is 2.63. The molecule has 1 aliphatic heterocycles. The molecule has 1 aliphatic rings. The van der Waals surface area contributed by atoms with Gasteiger partial charge in [0.2, 0.25) is 46.1 Å². The number of morpholine rings is 1. The van der Waals surface area contributed by atoms with Crippen molar-refractivity contribution in [1.82, 2.24) is 34.2 Å². The van der Waals surface area contributed by atoms with E-state index in [0.717, 1.165) is 23.5 Å². The molecule has 1 amide bonds. The molecule has 516 valence electrons. The summed E-state index contributed by atoms with van der Waals surface area (Å²) in [6, 6.07) is 13.6. The first-order valence-corrected chi connectivity index (χ1v) is 46.5. The number of rotatable bonds is 31. The number of hydrogen-bond donors (Lipinski definition) is 2. The Labute approximate surface area is 579 Å². The summed E-state index contributed by atoms with van der Waals surface area (Å²) in [7, 11) is 10.0. The largest absolute Gasteiger partial charge is 0.490 e. The van der Waals surface area contributed by atoms with E-state index in [2.05, 4.69) is 20.1 Å². The summed E-state index contributed by atoms with van der Waals surface area (Å²) in [6.07, 6.45) is 5.30. The van der Waals surface area contributed by atoms with E-state index in [4.69, 9.17) is 134 Å². The molecule has 43 heteroatoms. The first kappa shape index (κ1) is 84.1. The molecule has 92 heavy (non-hydrogen) atoms. The molecule has 1 atom stereocenters. The van der Waals surface area contributed by atoms with Gasteiger partial charge in [0.05, 0.1) is 86.9 Å². The number of hydrogen-bond acceptors (Lipinski definition) is 33. The highest BCUT2D eigenvalue weighted by atomic mass is 35.5. The lowest BCUT2D eigenvalue weighted by molar-refractivity contribution is -0.132. The Kier molecular flexibility index (Phi) is 39.6. The molecule has 6 aromatic rings. The van der Waals surface area contributed by atoms with Crippen LogP contribution in [0.3, 0.4) is 0 Å². The van der Waals surface area contributed by atoms with E-state index in [0.29, 0.717) is 108 Å². The Morgan fingerprint density at radius 3 is 1.83 bits per heavy atom. The fraction of sp³-hybridized carbons (Fsp3) is 0.490. The summed E-state index contributed by atoms with van der Waals surface area (Å²) >= 11 is 33.5. The van der Waals surface area contributed by atoms with Gasteiger partial charge in [-0.15, -0.1) is 0 Å². The number of nitrogens with two attached hydrogens (primary N) is 2. The molecular weight excluding hydrogens is 1500 g/mol. The van der Waals surface area contributed by atoms with Gasteiger partial charge in [-0.3, -0.25) is 18.7 Å². The molecule has 7 rings (SSSR count). The molecule has 4 aromatic heterocycles. The molecule has 28 nitrogen and oxygen atoms in total. The van der Waals surface area contributed by atoms with Gasteiger partial charge in [0.15, 0.2) is 11.3 Å². The molecule has 4 N–H and O–H groups in total. The topological polar surface area (TPSA) is 339 Å².